The zero-order valence-electron chi connectivity index (χ0n) is 12.0. The zero-order chi connectivity index (χ0) is 15.0. The lowest BCUT2D eigenvalue weighted by atomic mass is 9.81. The topological polar surface area (TPSA) is 83.9 Å². The normalized spacial score (nSPS) is 32.2. The van der Waals surface area contributed by atoms with Gasteiger partial charge in [0.25, 0.3) is 0 Å². The number of rotatable bonds is 6. The maximum Gasteiger partial charge on any atom is 0.311 e. The number of sulfonamides is 1. The van der Waals surface area contributed by atoms with Gasteiger partial charge in [-0.15, -0.1) is 0 Å². The van der Waals surface area contributed by atoms with Crippen LogP contribution < -0.4 is 0 Å². The number of nitrogens with zero attached hydrogens (tertiary/aromatic N) is 1. The Labute approximate surface area is 120 Å². The Kier molecular flexibility index (Phi) is 4.41. The van der Waals surface area contributed by atoms with E-state index in [0.717, 1.165) is 12.8 Å². The van der Waals surface area contributed by atoms with Crippen LogP contribution in [0.15, 0.2) is 0 Å². The van der Waals surface area contributed by atoms with E-state index < -0.39 is 21.4 Å². The van der Waals surface area contributed by atoms with Crippen LogP contribution in [0, 0.1) is 11.3 Å². The van der Waals surface area contributed by atoms with Crippen LogP contribution in [0.3, 0.4) is 0 Å². The largest absolute Gasteiger partial charge is 0.481 e. The quantitative estimate of drug-likeness (QED) is 0.789. The van der Waals surface area contributed by atoms with Gasteiger partial charge in [0.1, 0.15) is 0 Å². The highest BCUT2D eigenvalue weighted by Crippen LogP contribution is 2.49. The standard InChI is InChI=1S/C13H23NO5S/c1-3-11(19-2)8-20(17,18)14-7-10-5-4-6-13(10,9-14)12(15)16/h10-11H,3-9H2,1-2H3,(H,15,16)/t10-,11?,13+/m0/s1. The van der Waals surface area contributed by atoms with Gasteiger partial charge in [-0.05, 0) is 25.2 Å². The monoisotopic (exact) mass is 305 g/mol. The molecule has 1 saturated carbocycles. The minimum Gasteiger partial charge on any atom is -0.481 e. The summed E-state index contributed by atoms with van der Waals surface area (Å²) < 4.78 is 31.3. The lowest BCUT2D eigenvalue weighted by Crippen LogP contribution is -2.39. The molecule has 0 radical (unpaired) electrons. The first-order valence-electron chi connectivity index (χ1n) is 7.09. The number of carboxylic acid groups (broad SMARTS) is 1. The molecule has 3 atom stereocenters. The fraction of sp³-hybridized carbons (Fsp3) is 0.923. The number of methoxy groups -OCH3 is 1. The van der Waals surface area contributed by atoms with Crippen molar-refractivity contribution >= 4 is 16.0 Å². The molecule has 0 aromatic carbocycles. The molecule has 2 aliphatic rings. The summed E-state index contributed by atoms with van der Waals surface area (Å²) >= 11 is 0. The van der Waals surface area contributed by atoms with E-state index in [1.807, 2.05) is 6.92 Å². The summed E-state index contributed by atoms with van der Waals surface area (Å²) in [5.41, 5.74) is -0.859. The van der Waals surface area contributed by atoms with Gasteiger partial charge >= 0.3 is 5.97 Å². The molecule has 1 aliphatic carbocycles. The van der Waals surface area contributed by atoms with E-state index in [1.54, 1.807) is 0 Å². The number of carbonyl (C=O) groups is 1. The van der Waals surface area contributed by atoms with Crippen LogP contribution in [0.5, 0.6) is 0 Å². The third kappa shape index (κ3) is 2.58. The second-order valence-electron chi connectivity index (χ2n) is 5.89. The second kappa shape index (κ2) is 5.61. The number of carboxylic acids is 1. The highest BCUT2D eigenvalue weighted by Gasteiger charge is 2.57. The van der Waals surface area contributed by atoms with Crippen molar-refractivity contribution in [2.24, 2.45) is 11.3 Å². The molecular formula is C13H23NO5S. The molecule has 0 spiro atoms. The molecule has 7 heteroatoms. The molecule has 2 fully saturated rings. The molecule has 2 rings (SSSR count). The van der Waals surface area contributed by atoms with Gasteiger partial charge in [-0.3, -0.25) is 4.79 Å². The molecule has 116 valence electrons. The van der Waals surface area contributed by atoms with Crippen LogP contribution in [-0.2, 0) is 19.6 Å². The molecule has 0 amide bonds. The van der Waals surface area contributed by atoms with Crippen molar-refractivity contribution in [3.8, 4) is 0 Å². The maximum atomic E-state index is 12.4. The predicted molar refractivity (Wildman–Crippen MR) is 73.9 cm³/mol. The van der Waals surface area contributed by atoms with Crippen LogP contribution in [-0.4, -0.2) is 55.9 Å². The summed E-state index contributed by atoms with van der Waals surface area (Å²) in [6, 6.07) is 0. The molecule has 1 heterocycles. The average Bonchev–Trinajstić information content (AvgIpc) is 2.93. The molecule has 1 saturated heterocycles. The second-order valence-corrected chi connectivity index (χ2v) is 7.90. The third-order valence-electron chi connectivity index (χ3n) is 4.84. The van der Waals surface area contributed by atoms with Crippen LogP contribution in [0.25, 0.3) is 0 Å². The molecular weight excluding hydrogens is 282 g/mol. The summed E-state index contributed by atoms with van der Waals surface area (Å²) in [5, 5.41) is 9.49. The van der Waals surface area contributed by atoms with Crippen LogP contribution in [0.2, 0.25) is 0 Å². The number of aliphatic carboxylic acids is 1. The molecule has 1 unspecified atom stereocenters. The van der Waals surface area contributed by atoms with Crippen molar-refractivity contribution in [1.82, 2.24) is 4.31 Å². The Hall–Kier alpha value is -0.660. The minimum atomic E-state index is -3.45. The summed E-state index contributed by atoms with van der Waals surface area (Å²) in [6.07, 6.45) is 2.55. The van der Waals surface area contributed by atoms with Crippen molar-refractivity contribution in [2.75, 3.05) is 26.0 Å². The Balaban J connectivity index is 2.14. The molecule has 20 heavy (non-hydrogen) atoms. The van der Waals surface area contributed by atoms with E-state index in [-0.39, 0.29) is 24.3 Å². The summed E-state index contributed by atoms with van der Waals surface area (Å²) in [4.78, 5) is 11.6. The highest BCUT2D eigenvalue weighted by molar-refractivity contribution is 7.89. The molecule has 6 nitrogen and oxygen atoms in total. The van der Waals surface area contributed by atoms with Gasteiger partial charge in [-0.25, -0.2) is 12.7 Å². The molecule has 0 bridgehead atoms. The van der Waals surface area contributed by atoms with E-state index in [1.165, 1.54) is 11.4 Å². The number of ether oxygens (including phenoxy) is 1. The Morgan fingerprint density at radius 3 is 2.75 bits per heavy atom. The van der Waals surface area contributed by atoms with Gasteiger partial charge in [0, 0.05) is 20.2 Å². The molecule has 0 aromatic heterocycles. The fourth-order valence-corrected chi connectivity index (χ4v) is 5.38. The highest BCUT2D eigenvalue weighted by atomic mass is 32.2. The van der Waals surface area contributed by atoms with Gasteiger partial charge < -0.3 is 9.84 Å². The lowest BCUT2D eigenvalue weighted by molar-refractivity contribution is -0.149. The van der Waals surface area contributed by atoms with Crippen molar-refractivity contribution in [3.05, 3.63) is 0 Å². The van der Waals surface area contributed by atoms with E-state index in [2.05, 4.69) is 0 Å². The Morgan fingerprint density at radius 1 is 1.55 bits per heavy atom. The molecule has 1 aliphatic heterocycles. The smallest absolute Gasteiger partial charge is 0.311 e. The lowest BCUT2D eigenvalue weighted by Gasteiger charge is -2.24. The van der Waals surface area contributed by atoms with Gasteiger partial charge in [-0.2, -0.15) is 0 Å². The van der Waals surface area contributed by atoms with Gasteiger partial charge in [0.05, 0.1) is 17.3 Å². The van der Waals surface area contributed by atoms with Crippen LogP contribution in [0.1, 0.15) is 32.6 Å². The van der Waals surface area contributed by atoms with Crippen molar-refractivity contribution in [2.45, 2.75) is 38.7 Å². The predicted octanol–water partition coefficient (Wildman–Crippen LogP) is 0.928. The van der Waals surface area contributed by atoms with E-state index in [0.29, 0.717) is 19.4 Å². The Bertz CT molecular complexity index is 473. The summed E-state index contributed by atoms with van der Waals surface area (Å²) in [5.74, 6) is -0.962. The van der Waals surface area contributed by atoms with Crippen LogP contribution >= 0.6 is 0 Å². The molecule has 1 N–H and O–H groups in total. The Morgan fingerprint density at radius 2 is 2.25 bits per heavy atom. The number of hydrogen-bond acceptors (Lipinski definition) is 4. The third-order valence-corrected chi connectivity index (χ3v) is 6.70. The van der Waals surface area contributed by atoms with Gasteiger partial charge in [0.2, 0.25) is 10.0 Å². The van der Waals surface area contributed by atoms with Crippen molar-refractivity contribution in [1.29, 1.82) is 0 Å². The van der Waals surface area contributed by atoms with E-state index in [4.69, 9.17) is 4.74 Å². The fourth-order valence-electron chi connectivity index (χ4n) is 3.50. The number of hydrogen-bond donors (Lipinski definition) is 1. The van der Waals surface area contributed by atoms with Crippen LogP contribution in [0.4, 0.5) is 0 Å². The minimum absolute atomic E-state index is 0.0441. The summed E-state index contributed by atoms with van der Waals surface area (Å²) in [7, 11) is -1.95. The van der Waals surface area contributed by atoms with Gasteiger partial charge in [-0.1, -0.05) is 13.3 Å². The first-order chi connectivity index (χ1) is 9.35. The first-order valence-corrected chi connectivity index (χ1v) is 8.70. The van der Waals surface area contributed by atoms with E-state index in [9.17, 15) is 18.3 Å². The first kappa shape index (κ1) is 15.7. The molecule has 0 aromatic rings. The van der Waals surface area contributed by atoms with E-state index >= 15 is 0 Å². The number of fused-ring (bicyclic) bond motifs is 1. The van der Waals surface area contributed by atoms with Crippen molar-refractivity contribution < 1.29 is 23.1 Å². The van der Waals surface area contributed by atoms with Gasteiger partial charge in [0.15, 0.2) is 0 Å². The SMILES string of the molecule is CCC(CS(=O)(=O)N1C[C@@H]2CCC[C@@]2(C(=O)O)C1)OC. The maximum absolute atomic E-state index is 12.4. The zero-order valence-corrected chi connectivity index (χ0v) is 12.9. The summed E-state index contributed by atoms with van der Waals surface area (Å²) in [6.45, 7) is 2.34. The van der Waals surface area contributed by atoms with Crippen molar-refractivity contribution in [3.63, 3.8) is 0 Å². The average molecular weight is 305 g/mol.